The van der Waals surface area contributed by atoms with E-state index in [0.717, 1.165) is 12.1 Å². The Hall–Kier alpha value is -5.58. The Kier molecular flexibility index (Phi) is 7.68. The Bertz CT molecular complexity index is 1730. The summed E-state index contributed by atoms with van der Waals surface area (Å²) < 4.78 is 44.7. The van der Waals surface area contributed by atoms with Gasteiger partial charge in [-0.05, 0) is 66.2 Å². The van der Waals surface area contributed by atoms with Crippen molar-refractivity contribution in [2.75, 3.05) is 10.6 Å². The van der Waals surface area contributed by atoms with E-state index in [9.17, 15) is 22.8 Å². The molecule has 5 aromatic rings. The third-order valence-electron chi connectivity index (χ3n) is 5.79. The van der Waals surface area contributed by atoms with E-state index in [0.29, 0.717) is 28.3 Å². The predicted octanol–water partition coefficient (Wildman–Crippen LogP) is 6.72. The molecular weight excluding hydrogens is 535 g/mol. The van der Waals surface area contributed by atoms with Crippen molar-refractivity contribution in [3.8, 4) is 22.9 Å². The first kappa shape index (κ1) is 27.0. The van der Waals surface area contributed by atoms with Crippen LogP contribution in [-0.4, -0.2) is 27.0 Å². The number of carbonyl (C=O) groups excluding carboxylic acids is 2. The smallest absolute Gasteiger partial charge is 0.416 e. The van der Waals surface area contributed by atoms with Crippen LogP contribution in [0.4, 0.5) is 24.5 Å². The highest BCUT2D eigenvalue weighted by molar-refractivity contribution is 6.06. The molecule has 2 aromatic heterocycles. The van der Waals surface area contributed by atoms with Gasteiger partial charge >= 0.3 is 6.18 Å². The number of aromatic nitrogens is 3. The molecule has 0 unspecified atom stereocenters. The van der Waals surface area contributed by atoms with Crippen LogP contribution in [-0.2, 0) is 11.0 Å². The zero-order chi connectivity index (χ0) is 28.8. The fourth-order valence-corrected chi connectivity index (χ4v) is 3.83. The minimum Gasteiger partial charge on any atom is -0.416 e. The lowest BCUT2D eigenvalue weighted by Crippen LogP contribution is -2.13. The number of alkyl halides is 3. The van der Waals surface area contributed by atoms with Crippen LogP contribution in [0.5, 0.6) is 0 Å². The highest BCUT2D eigenvalue weighted by atomic mass is 19.4. The summed E-state index contributed by atoms with van der Waals surface area (Å²) in [6.45, 7) is 0. The maximum Gasteiger partial charge on any atom is 0.416 e. The number of rotatable bonds is 7. The number of para-hydroxylation sites is 1. The molecule has 11 heteroatoms. The Morgan fingerprint density at radius 2 is 1.56 bits per heavy atom. The minimum absolute atomic E-state index is 0.0120. The number of carbonyl (C=O) groups is 2. The molecule has 8 nitrogen and oxygen atoms in total. The van der Waals surface area contributed by atoms with Gasteiger partial charge in [-0.1, -0.05) is 30.3 Å². The predicted molar refractivity (Wildman–Crippen MR) is 146 cm³/mol. The average Bonchev–Trinajstić information content (AvgIpc) is 3.47. The van der Waals surface area contributed by atoms with Gasteiger partial charge in [0.1, 0.15) is 0 Å². The SMILES string of the molecule is O=C(C=Cc1cccc(C(=O)Nc2cccc(C(F)(F)F)c2)c1)Nc1ccccc1-c1nnc(-c2ccncc2)o1. The number of pyridine rings is 1. The van der Waals surface area contributed by atoms with Crippen molar-refractivity contribution in [1.82, 2.24) is 15.2 Å². The maximum absolute atomic E-state index is 13.0. The van der Waals surface area contributed by atoms with Crippen LogP contribution in [0.2, 0.25) is 0 Å². The van der Waals surface area contributed by atoms with E-state index in [1.54, 1.807) is 60.9 Å². The van der Waals surface area contributed by atoms with Gasteiger partial charge in [-0.25, -0.2) is 0 Å². The Balaban J connectivity index is 1.26. The highest BCUT2D eigenvalue weighted by Crippen LogP contribution is 2.31. The van der Waals surface area contributed by atoms with Crippen molar-refractivity contribution in [2.45, 2.75) is 6.18 Å². The number of hydrogen-bond donors (Lipinski definition) is 2. The summed E-state index contributed by atoms with van der Waals surface area (Å²) in [5.74, 6) is -0.523. The van der Waals surface area contributed by atoms with Crippen LogP contribution in [0.15, 0.2) is 108 Å². The fraction of sp³-hybridized carbons (Fsp3) is 0.0333. The molecule has 0 saturated heterocycles. The third kappa shape index (κ3) is 6.71. The first-order chi connectivity index (χ1) is 19.8. The van der Waals surface area contributed by atoms with Crippen LogP contribution in [0.3, 0.4) is 0 Å². The molecule has 0 fully saturated rings. The van der Waals surface area contributed by atoms with Crippen LogP contribution in [0.25, 0.3) is 29.0 Å². The van der Waals surface area contributed by atoms with Gasteiger partial charge in [0.2, 0.25) is 17.7 Å². The van der Waals surface area contributed by atoms with E-state index in [1.807, 2.05) is 0 Å². The number of amides is 2. The second-order valence-corrected chi connectivity index (χ2v) is 8.67. The summed E-state index contributed by atoms with van der Waals surface area (Å²) in [4.78, 5) is 29.3. The highest BCUT2D eigenvalue weighted by Gasteiger charge is 2.30. The van der Waals surface area contributed by atoms with Crippen LogP contribution in [0.1, 0.15) is 21.5 Å². The van der Waals surface area contributed by atoms with E-state index in [2.05, 4.69) is 25.8 Å². The molecule has 0 radical (unpaired) electrons. The number of nitrogens with zero attached hydrogens (tertiary/aromatic N) is 3. The summed E-state index contributed by atoms with van der Waals surface area (Å²) in [5.41, 5.74) is 1.55. The second-order valence-electron chi connectivity index (χ2n) is 8.67. The van der Waals surface area contributed by atoms with Crippen LogP contribution in [0, 0.1) is 0 Å². The molecule has 0 saturated carbocycles. The van der Waals surface area contributed by atoms with E-state index < -0.39 is 23.6 Å². The largest absolute Gasteiger partial charge is 0.416 e. The van der Waals surface area contributed by atoms with E-state index in [4.69, 9.17) is 4.42 Å². The van der Waals surface area contributed by atoms with Gasteiger partial charge in [0.15, 0.2) is 0 Å². The zero-order valence-electron chi connectivity index (χ0n) is 21.1. The molecule has 2 amide bonds. The zero-order valence-corrected chi connectivity index (χ0v) is 21.1. The molecule has 0 spiro atoms. The van der Waals surface area contributed by atoms with E-state index >= 15 is 0 Å². The third-order valence-corrected chi connectivity index (χ3v) is 5.79. The summed E-state index contributed by atoms with van der Waals surface area (Å²) in [7, 11) is 0. The number of halogens is 3. The number of benzene rings is 3. The molecule has 204 valence electrons. The van der Waals surface area contributed by atoms with E-state index in [1.165, 1.54) is 36.4 Å². The van der Waals surface area contributed by atoms with Crippen LogP contribution < -0.4 is 10.6 Å². The number of hydrogen-bond acceptors (Lipinski definition) is 6. The summed E-state index contributed by atoms with van der Waals surface area (Å²) in [6.07, 6.45) is 1.49. The first-order valence-electron chi connectivity index (χ1n) is 12.2. The van der Waals surface area contributed by atoms with Crippen molar-refractivity contribution in [3.05, 3.63) is 120 Å². The number of nitrogens with one attached hydrogen (secondary N) is 2. The van der Waals surface area contributed by atoms with Crippen molar-refractivity contribution < 1.29 is 27.2 Å². The minimum atomic E-state index is -4.53. The summed E-state index contributed by atoms with van der Waals surface area (Å²) >= 11 is 0. The van der Waals surface area contributed by atoms with Crippen molar-refractivity contribution in [3.63, 3.8) is 0 Å². The molecule has 0 aliphatic carbocycles. The lowest BCUT2D eigenvalue weighted by Gasteiger charge is -2.10. The molecule has 0 atom stereocenters. The van der Waals surface area contributed by atoms with Crippen molar-refractivity contribution in [1.29, 1.82) is 0 Å². The molecular formula is C30H20F3N5O3. The molecule has 0 aliphatic rings. The van der Waals surface area contributed by atoms with Crippen molar-refractivity contribution in [2.24, 2.45) is 0 Å². The van der Waals surface area contributed by atoms with Gasteiger partial charge in [-0.2, -0.15) is 13.2 Å². The Labute approximate surface area is 231 Å². The quantitative estimate of drug-likeness (QED) is 0.216. The topological polar surface area (TPSA) is 110 Å². The molecule has 2 heterocycles. The van der Waals surface area contributed by atoms with Crippen LogP contribution >= 0.6 is 0 Å². The van der Waals surface area contributed by atoms with Gasteiger partial charge < -0.3 is 15.1 Å². The molecule has 5 rings (SSSR count). The molecule has 3 aromatic carbocycles. The summed E-state index contributed by atoms with van der Waals surface area (Å²) in [6, 6.07) is 21.1. The Morgan fingerprint density at radius 3 is 2.37 bits per heavy atom. The lowest BCUT2D eigenvalue weighted by molar-refractivity contribution is -0.137. The molecule has 0 bridgehead atoms. The molecule has 41 heavy (non-hydrogen) atoms. The molecule has 0 aliphatic heterocycles. The standard InChI is InChI=1S/C30H20F3N5O3/c31-30(32,33)22-7-4-8-23(18-22)35-27(40)21-6-3-5-19(17-21)11-12-26(39)36-25-10-2-1-9-24(25)29-38-37-28(41-29)20-13-15-34-16-14-20/h1-18H,(H,35,40)(H,36,39). The fourth-order valence-electron chi connectivity index (χ4n) is 3.83. The van der Waals surface area contributed by atoms with Gasteiger partial charge in [0.25, 0.3) is 5.91 Å². The lowest BCUT2D eigenvalue weighted by atomic mass is 10.1. The maximum atomic E-state index is 13.0. The number of anilines is 2. The monoisotopic (exact) mass is 555 g/mol. The molecule has 2 N–H and O–H groups in total. The second kappa shape index (κ2) is 11.7. The Morgan fingerprint density at radius 1 is 0.805 bits per heavy atom. The van der Waals surface area contributed by atoms with Gasteiger partial charge in [0.05, 0.1) is 16.8 Å². The van der Waals surface area contributed by atoms with Gasteiger partial charge in [-0.3, -0.25) is 14.6 Å². The van der Waals surface area contributed by atoms with Crippen molar-refractivity contribution >= 4 is 29.3 Å². The summed E-state index contributed by atoms with van der Waals surface area (Å²) in [5, 5.41) is 13.4. The average molecular weight is 556 g/mol. The van der Waals surface area contributed by atoms with E-state index in [-0.39, 0.29) is 17.1 Å². The normalized spacial score (nSPS) is 11.4. The first-order valence-corrected chi connectivity index (χ1v) is 12.2. The van der Waals surface area contributed by atoms with Gasteiger partial charge in [0, 0.05) is 35.3 Å². The van der Waals surface area contributed by atoms with Gasteiger partial charge in [-0.15, -0.1) is 10.2 Å².